The first kappa shape index (κ1) is 23.1. The predicted octanol–water partition coefficient (Wildman–Crippen LogP) is 4.46. The van der Waals surface area contributed by atoms with E-state index in [-0.39, 0.29) is 23.6 Å². The zero-order chi connectivity index (χ0) is 23.6. The maximum absolute atomic E-state index is 13.7. The van der Waals surface area contributed by atoms with Gasteiger partial charge in [0.2, 0.25) is 0 Å². The van der Waals surface area contributed by atoms with Crippen molar-refractivity contribution in [2.75, 3.05) is 31.1 Å². The summed E-state index contributed by atoms with van der Waals surface area (Å²) in [4.78, 5) is 32.7. The molecule has 2 aliphatic heterocycles. The van der Waals surface area contributed by atoms with Gasteiger partial charge in [-0.3, -0.25) is 9.69 Å². The molecule has 2 aromatic carbocycles. The summed E-state index contributed by atoms with van der Waals surface area (Å²) >= 11 is 0. The second-order valence-corrected chi connectivity index (χ2v) is 9.70. The van der Waals surface area contributed by atoms with Crippen molar-refractivity contribution in [2.24, 2.45) is 5.92 Å². The average Bonchev–Trinajstić information content (AvgIpc) is 3.00. The van der Waals surface area contributed by atoms with Crippen LogP contribution in [0.2, 0.25) is 0 Å². The van der Waals surface area contributed by atoms with E-state index >= 15 is 0 Å². The lowest BCUT2D eigenvalue weighted by atomic mass is 9.85. The van der Waals surface area contributed by atoms with Gasteiger partial charge in [0, 0.05) is 31.9 Å². The summed E-state index contributed by atoms with van der Waals surface area (Å²) in [7, 11) is 0. The molecule has 2 fully saturated rings. The Morgan fingerprint density at radius 3 is 2.33 bits per heavy atom. The number of phenolic OH excluding ortho intramolecular Hbond substituents is 1. The van der Waals surface area contributed by atoms with Gasteiger partial charge in [0.15, 0.2) is 0 Å². The third-order valence-electron chi connectivity index (χ3n) is 7.00. The number of hydrogen-bond donors (Lipinski definition) is 1. The van der Waals surface area contributed by atoms with Gasteiger partial charge in [-0.2, -0.15) is 0 Å². The first-order valence-corrected chi connectivity index (χ1v) is 12.1. The van der Waals surface area contributed by atoms with E-state index in [4.69, 9.17) is 0 Å². The van der Waals surface area contributed by atoms with E-state index < -0.39 is 5.54 Å². The summed E-state index contributed by atoms with van der Waals surface area (Å²) in [6.45, 7) is 8.68. The van der Waals surface area contributed by atoms with Crippen molar-refractivity contribution in [1.29, 1.82) is 0 Å². The maximum atomic E-state index is 13.7. The molecule has 0 bridgehead atoms. The Hall–Kier alpha value is -3.02. The van der Waals surface area contributed by atoms with Crippen molar-refractivity contribution in [3.05, 3.63) is 59.7 Å². The van der Waals surface area contributed by atoms with Crippen LogP contribution in [0.4, 0.5) is 10.5 Å². The monoisotopic (exact) mass is 449 g/mol. The zero-order valence-electron chi connectivity index (χ0n) is 20.0. The molecule has 0 atom stereocenters. The van der Waals surface area contributed by atoms with Crippen LogP contribution in [0.15, 0.2) is 48.5 Å². The van der Waals surface area contributed by atoms with Crippen LogP contribution in [-0.2, 0) is 17.6 Å². The van der Waals surface area contributed by atoms with Crippen molar-refractivity contribution >= 4 is 17.6 Å². The van der Waals surface area contributed by atoms with Crippen LogP contribution in [0.1, 0.15) is 44.7 Å². The molecule has 3 amide bonds. The number of imide groups is 1. The summed E-state index contributed by atoms with van der Waals surface area (Å²) in [5.41, 5.74) is 2.77. The number of aromatic hydroxyl groups is 1. The second kappa shape index (κ2) is 9.46. The maximum Gasteiger partial charge on any atom is 0.327 e. The van der Waals surface area contributed by atoms with Crippen LogP contribution in [0, 0.1) is 5.92 Å². The van der Waals surface area contributed by atoms with Crippen molar-refractivity contribution in [2.45, 2.75) is 52.0 Å². The van der Waals surface area contributed by atoms with E-state index in [0.717, 1.165) is 25.1 Å². The number of amides is 3. The molecule has 4 rings (SSSR count). The van der Waals surface area contributed by atoms with Crippen molar-refractivity contribution in [3.63, 3.8) is 0 Å². The standard InChI is InChI=1S/C27H35N3O3/c1-4-21-6-5-7-23(18-21)28-16-13-27(14-17-28)25(32)29(19-20(2)3)26(33)30(27)15-12-22-8-10-24(31)11-9-22/h5-11,18,20,31H,4,12-17,19H2,1-3H3. The molecule has 2 saturated heterocycles. The molecular formula is C27H35N3O3. The fourth-order valence-corrected chi connectivity index (χ4v) is 5.11. The van der Waals surface area contributed by atoms with Crippen LogP contribution < -0.4 is 4.90 Å². The number of aryl methyl sites for hydroxylation is 1. The quantitative estimate of drug-likeness (QED) is 0.634. The van der Waals surface area contributed by atoms with Gasteiger partial charge in [-0.15, -0.1) is 0 Å². The van der Waals surface area contributed by atoms with Gasteiger partial charge < -0.3 is 14.9 Å². The zero-order valence-corrected chi connectivity index (χ0v) is 20.0. The number of rotatable bonds is 7. The molecule has 0 saturated carbocycles. The summed E-state index contributed by atoms with van der Waals surface area (Å²) < 4.78 is 0. The highest BCUT2D eigenvalue weighted by Crippen LogP contribution is 2.39. The lowest BCUT2D eigenvalue weighted by molar-refractivity contribution is -0.134. The Morgan fingerprint density at radius 1 is 1.00 bits per heavy atom. The van der Waals surface area contributed by atoms with E-state index in [9.17, 15) is 14.7 Å². The Morgan fingerprint density at radius 2 is 1.70 bits per heavy atom. The molecule has 176 valence electrons. The predicted molar refractivity (Wildman–Crippen MR) is 130 cm³/mol. The third kappa shape index (κ3) is 4.56. The molecule has 0 radical (unpaired) electrons. The number of anilines is 1. The summed E-state index contributed by atoms with van der Waals surface area (Å²) in [6.07, 6.45) is 2.92. The van der Waals surface area contributed by atoms with Crippen LogP contribution >= 0.6 is 0 Å². The number of piperidine rings is 1. The van der Waals surface area contributed by atoms with E-state index in [1.807, 2.05) is 30.9 Å². The van der Waals surface area contributed by atoms with Gasteiger partial charge in [-0.1, -0.05) is 45.0 Å². The minimum Gasteiger partial charge on any atom is -0.508 e. The SMILES string of the molecule is CCc1cccc(N2CCC3(CC2)C(=O)N(CC(C)C)C(=O)N3CCc2ccc(O)cc2)c1. The van der Waals surface area contributed by atoms with Gasteiger partial charge in [-0.05, 0) is 67.0 Å². The largest absolute Gasteiger partial charge is 0.508 e. The van der Waals surface area contributed by atoms with Crippen LogP contribution in [0.5, 0.6) is 5.75 Å². The molecule has 6 heteroatoms. The van der Waals surface area contributed by atoms with E-state index in [1.165, 1.54) is 16.2 Å². The van der Waals surface area contributed by atoms with E-state index in [1.54, 1.807) is 12.1 Å². The lowest BCUT2D eigenvalue weighted by Gasteiger charge is -2.43. The van der Waals surface area contributed by atoms with E-state index in [2.05, 4.69) is 36.1 Å². The highest BCUT2D eigenvalue weighted by molar-refractivity contribution is 6.07. The minimum absolute atomic E-state index is 0.0335. The number of phenols is 1. The Balaban J connectivity index is 1.55. The summed E-state index contributed by atoms with van der Waals surface area (Å²) in [6, 6.07) is 15.5. The highest BCUT2D eigenvalue weighted by Gasteiger charge is 2.57. The molecule has 6 nitrogen and oxygen atoms in total. The first-order valence-electron chi connectivity index (χ1n) is 12.1. The Kier molecular flexibility index (Phi) is 6.63. The topological polar surface area (TPSA) is 64.1 Å². The number of carbonyl (C=O) groups is 2. The number of hydrogen-bond acceptors (Lipinski definition) is 4. The van der Waals surface area contributed by atoms with Crippen LogP contribution in [0.25, 0.3) is 0 Å². The van der Waals surface area contributed by atoms with Gasteiger partial charge in [0.05, 0.1) is 0 Å². The molecule has 2 aliphatic rings. The molecule has 0 aliphatic carbocycles. The van der Waals surface area contributed by atoms with Crippen molar-refractivity contribution in [1.82, 2.24) is 9.80 Å². The molecule has 2 aromatic rings. The smallest absolute Gasteiger partial charge is 0.327 e. The number of urea groups is 1. The summed E-state index contributed by atoms with van der Waals surface area (Å²) in [5, 5.41) is 9.56. The fourth-order valence-electron chi connectivity index (χ4n) is 5.11. The highest BCUT2D eigenvalue weighted by atomic mass is 16.3. The first-order chi connectivity index (χ1) is 15.8. The average molecular weight is 450 g/mol. The molecular weight excluding hydrogens is 414 g/mol. The van der Waals surface area contributed by atoms with Crippen LogP contribution in [0.3, 0.4) is 0 Å². The molecule has 1 N–H and O–H groups in total. The fraction of sp³-hybridized carbons (Fsp3) is 0.481. The third-order valence-corrected chi connectivity index (χ3v) is 7.00. The number of benzene rings is 2. The van der Waals surface area contributed by atoms with Crippen molar-refractivity contribution in [3.8, 4) is 5.75 Å². The van der Waals surface area contributed by atoms with E-state index in [0.29, 0.717) is 32.4 Å². The normalized spacial score (nSPS) is 18.1. The van der Waals surface area contributed by atoms with Gasteiger partial charge >= 0.3 is 6.03 Å². The molecule has 1 spiro atoms. The summed E-state index contributed by atoms with van der Waals surface area (Å²) in [5.74, 6) is 0.419. The molecule has 2 heterocycles. The minimum atomic E-state index is -0.762. The Bertz CT molecular complexity index is 994. The van der Waals surface area contributed by atoms with Gasteiger partial charge in [0.25, 0.3) is 5.91 Å². The van der Waals surface area contributed by atoms with Crippen LogP contribution in [-0.4, -0.2) is 58.6 Å². The Labute approximate surface area is 196 Å². The van der Waals surface area contributed by atoms with Crippen molar-refractivity contribution < 1.29 is 14.7 Å². The van der Waals surface area contributed by atoms with Gasteiger partial charge in [0.1, 0.15) is 11.3 Å². The molecule has 0 aromatic heterocycles. The molecule has 0 unspecified atom stereocenters. The number of carbonyl (C=O) groups excluding carboxylic acids is 2. The number of nitrogens with zero attached hydrogens (tertiary/aromatic N) is 3. The lowest BCUT2D eigenvalue weighted by Crippen LogP contribution is -2.57. The van der Waals surface area contributed by atoms with Gasteiger partial charge in [-0.25, -0.2) is 4.79 Å². The molecule has 33 heavy (non-hydrogen) atoms. The second-order valence-electron chi connectivity index (χ2n) is 9.70.